The van der Waals surface area contributed by atoms with Gasteiger partial charge in [0.1, 0.15) is 11.6 Å². The lowest BCUT2D eigenvalue weighted by Crippen LogP contribution is -2.43. The van der Waals surface area contributed by atoms with Gasteiger partial charge in [-0.05, 0) is 39.3 Å². The minimum atomic E-state index is -0.723. The zero-order valence-corrected chi connectivity index (χ0v) is 12.2. The Labute approximate surface area is 119 Å². The van der Waals surface area contributed by atoms with E-state index in [1.165, 1.54) is 0 Å². The van der Waals surface area contributed by atoms with E-state index >= 15 is 0 Å². The summed E-state index contributed by atoms with van der Waals surface area (Å²) in [7, 11) is 0. The molecule has 1 atom stereocenters. The van der Waals surface area contributed by atoms with Crippen molar-refractivity contribution in [2.24, 2.45) is 0 Å². The molecule has 4 nitrogen and oxygen atoms in total. The fourth-order valence-corrected chi connectivity index (χ4v) is 1.58. The highest BCUT2D eigenvalue weighted by Gasteiger charge is 2.25. The third kappa shape index (κ3) is 5.26. The lowest BCUT2D eigenvalue weighted by atomic mass is 10.1. The van der Waals surface area contributed by atoms with Crippen LogP contribution in [0.4, 0.5) is 0 Å². The molecule has 0 aromatic heterocycles. The number of amides is 1. The molecular weight excluding hydrogens is 254 g/mol. The van der Waals surface area contributed by atoms with E-state index in [-0.39, 0.29) is 5.91 Å². The Kier molecular flexibility index (Phi) is 5.50. The van der Waals surface area contributed by atoms with Gasteiger partial charge in [-0.1, -0.05) is 24.3 Å². The van der Waals surface area contributed by atoms with Gasteiger partial charge in [-0.25, -0.2) is 4.79 Å². The van der Waals surface area contributed by atoms with Gasteiger partial charge in [0.05, 0.1) is 0 Å². The minimum absolute atomic E-state index is 0.302. The number of carbonyl (C=O) groups is 2. The first-order valence-electron chi connectivity index (χ1n) is 6.53. The second-order valence-electron chi connectivity index (χ2n) is 5.45. The Morgan fingerprint density at radius 3 is 2.40 bits per heavy atom. The van der Waals surface area contributed by atoms with E-state index in [2.05, 4.69) is 11.9 Å². The maximum Gasteiger partial charge on any atom is 0.329 e. The quantitative estimate of drug-likeness (QED) is 0.664. The monoisotopic (exact) mass is 275 g/mol. The predicted molar refractivity (Wildman–Crippen MR) is 78.4 cm³/mol. The Morgan fingerprint density at radius 1 is 1.30 bits per heavy atom. The summed E-state index contributed by atoms with van der Waals surface area (Å²) < 4.78 is 5.29. The molecular formula is C16H21NO3. The van der Waals surface area contributed by atoms with Crippen LogP contribution in [-0.4, -0.2) is 23.5 Å². The lowest BCUT2D eigenvalue weighted by Gasteiger charge is -2.24. The number of hydrogen-bond donors (Lipinski definition) is 1. The highest BCUT2D eigenvalue weighted by atomic mass is 16.6. The molecule has 20 heavy (non-hydrogen) atoms. The molecule has 0 aliphatic heterocycles. The van der Waals surface area contributed by atoms with Crippen molar-refractivity contribution in [2.45, 2.75) is 38.8 Å². The van der Waals surface area contributed by atoms with Crippen LogP contribution in [0.3, 0.4) is 0 Å². The van der Waals surface area contributed by atoms with E-state index in [9.17, 15) is 9.59 Å². The Bertz CT molecular complexity index is 474. The van der Waals surface area contributed by atoms with Crippen LogP contribution in [-0.2, 0) is 9.53 Å². The fourth-order valence-electron chi connectivity index (χ4n) is 1.58. The maximum atomic E-state index is 12.0. The van der Waals surface area contributed by atoms with Crippen molar-refractivity contribution in [1.29, 1.82) is 0 Å². The lowest BCUT2D eigenvalue weighted by molar-refractivity contribution is -0.157. The molecule has 0 aliphatic rings. The first-order valence-corrected chi connectivity index (χ1v) is 6.53. The molecule has 1 unspecified atom stereocenters. The van der Waals surface area contributed by atoms with Gasteiger partial charge in [-0.15, -0.1) is 6.58 Å². The van der Waals surface area contributed by atoms with E-state index in [0.717, 1.165) is 0 Å². The predicted octanol–water partition coefficient (Wildman–Crippen LogP) is 2.70. The van der Waals surface area contributed by atoms with E-state index < -0.39 is 17.6 Å². The molecule has 0 fully saturated rings. The zero-order chi connectivity index (χ0) is 15.2. The van der Waals surface area contributed by atoms with E-state index in [4.69, 9.17) is 4.74 Å². The molecule has 0 spiro atoms. The van der Waals surface area contributed by atoms with Gasteiger partial charge in [-0.3, -0.25) is 4.79 Å². The van der Waals surface area contributed by atoms with Crippen molar-refractivity contribution in [3.05, 3.63) is 48.6 Å². The third-order valence-electron chi connectivity index (χ3n) is 2.43. The summed E-state index contributed by atoms with van der Waals surface area (Å²) in [6.45, 7) is 8.96. The summed E-state index contributed by atoms with van der Waals surface area (Å²) in [5, 5.41) is 2.67. The molecule has 108 valence electrons. The average Bonchev–Trinajstić information content (AvgIpc) is 2.37. The average molecular weight is 275 g/mol. The van der Waals surface area contributed by atoms with Gasteiger partial charge in [0, 0.05) is 5.56 Å². The maximum absolute atomic E-state index is 12.0. The first kappa shape index (κ1) is 16.0. The van der Waals surface area contributed by atoms with Gasteiger partial charge in [0.25, 0.3) is 5.91 Å². The van der Waals surface area contributed by atoms with Crippen molar-refractivity contribution in [3.8, 4) is 0 Å². The SMILES string of the molecule is C=CCC(NC(=O)c1ccccc1)C(=O)OC(C)(C)C. The summed E-state index contributed by atoms with van der Waals surface area (Å²) in [6.07, 6.45) is 1.91. The number of rotatable bonds is 5. The molecule has 0 bridgehead atoms. The smallest absolute Gasteiger partial charge is 0.329 e. The van der Waals surface area contributed by atoms with Crippen molar-refractivity contribution in [3.63, 3.8) is 0 Å². The standard InChI is InChI=1S/C16H21NO3/c1-5-9-13(15(19)20-16(2,3)4)17-14(18)12-10-7-6-8-11-12/h5-8,10-11,13H,1,9H2,2-4H3,(H,17,18). The van der Waals surface area contributed by atoms with Crippen LogP contribution >= 0.6 is 0 Å². The Morgan fingerprint density at radius 2 is 1.90 bits per heavy atom. The van der Waals surface area contributed by atoms with Gasteiger partial charge < -0.3 is 10.1 Å². The molecule has 1 aromatic rings. The fraction of sp³-hybridized carbons (Fsp3) is 0.375. The zero-order valence-electron chi connectivity index (χ0n) is 12.2. The van der Waals surface area contributed by atoms with Crippen molar-refractivity contribution in [2.75, 3.05) is 0 Å². The number of benzene rings is 1. The molecule has 0 heterocycles. The molecule has 1 amide bonds. The van der Waals surface area contributed by atoms with E-state index in [0.29, 0.717) is 12.0 Å². The van der Waals surface area contributed by atoms with Crippen LogP contribution in [0.1, 0.15) is 37.6 Å². The van der Waals surface area contributed by atoms with E-state index in [1.54, 1.807) is 51.1 Å². The summed E-state index contributed by atoms with van der Waals surface area (Å²) in [5.41, 5.74) is -0.0846. The largest absolute Gasteiger partial charge is 0.458 e. The van der Waals surface area contributed by atoms with Gasteiger partial charge in [0.2, 0.25) is 0 Å². The van der Waals surface area contributed by atoms with E-state index in [1.807, 2.05) is 6.07 Å². The number of ether oxygens (including phenoxy) is 1. The number of carbonyl (C=O) groups excluding carboxylic acids is 2. The molecule has 0 saturated carbocycles. The van der Waals surface area contributed by atoms with Crippen LogP contribution in [0.25, 0.3) is 0 Å². The summed E-state index contributed by atoms with van der Waals surface area (Å²) in [5.74, 6) is -0.759. The molecule has 0 saturated heterocycles. The second kappa shape index (κ2) is 6.89. The molecule has 0 aliphatic carbocycles. The van der Waals surface area contributed by atoms with Crippen molar-refractivity contribution >= 4 is 11.9 Å². The van der Waals surface area contributed by atoms with Crippen LogP contribution < -0.4 is 5.32 Å². The van der Waals surface area contributed by atoms with Crippen LogP contribution in [0.5, 0.6) is 0 Å². The molecule has 0 radical (unpaired) electrons. The van der Waals surface area contributed by atoms with Crippen LogP contribution in [0, 0.1) is 0 Å². The normalized spacial score (nSPS) is 12.3. The topological polar surface area (TPSA) is 55.4 Å². The molecule has 1 aromatic carbocycles. The van der Waals surface area contributed by atoms with Crippen molar-refractivity contribution in [1.82, 2.24) is 5.32 Å². The second-order valence-corrected chi connectivity index (χ2v) is 5.45. The highest BCUT2D eigenvalue weighted by Crippen LogP contribution is 2.10. The summed E-state index contributed by atoms with van der Waals surface area (Å²) in [4.78, 5) is 24.1. The highest BCUT2D eigenvalue weighted by molar-refractivity contribution is 5.96. The number of nitrogens with one attached hydrogen (secondary N) is 1. The number of esters is 1. The first-order chi connectivity index (χ1) is 9.33. The Hall–Kier alpha value is -2.10. The van der Waals surface area contributed by atoms with Gasteiger partial charge in [0.15, 0.2) is 0 Å². The molecule has 1 N–H and O–H groups in total. The third-order valence-corrected chi connectivity index (χ3v) is 2.43. The minimum Gasteiger partial charge on any atom is -0.458 e. The Balaban J connectivity index is 2.75. The summed E-state index contributed by atoms with van der Waals surface area (Å²) >= 11 is 0. The molecule has 1 rings (SSSR count). The number of hydrogen-bond acceptors (Lipinski definition) is 3. The van der Waals surface area contributed by atoms with Gasteiger partial charge >= 0.3 is 5.97 Å². The van der Waals surface area contributed by atoms with Gasteiger partial charge in [-0.2, -0.15) is 0 Å². The van der Waals surface area contributed by atoms with Crippen molar-refractivity contribution < 1.29 is 14.3 Å². The summed E-state index contributed by atoms with van der Waals surface area (Å²) in [6, 6.07) is 8.02. The molecule has 4 heteroatoms. The van der Waals surface area contributed by atoms with Crippen LogP contribution in [0.2, 0.25) is 0 Å². The van der Waals surface area contributed by atoms with Crippen LogP contribution in [0.15, 0.2) is 43.0 Å².